The third-order valence-electron chi connectivity index (χ3n) is 5.09. The summed E-state index contributed by atoms with van der Waals surface area (Å²) in [5.41, 5.74) is -3.36. The second kappa shape index (κ2) is 11.2. The number of hydrogen-bond acceptors (Lipinski definition) is 9. The van der Waals surface area contributed by atoms with Crippen molar-refractivity contribution in [2.45, 2.75) is 108 Å². The highest BCUT2D eigenvalue weighted by atomic mass is 16.6. The summed E-state index contributed by atoms with van der Waals surface area (Å²) in [7, 11) is 0. The van der Waals surface area contributed by atoms with E-state index >= 15 is 0 Å². The van der Waals surface area contributed by atoms with Crippen molar-refractivity contribution in [3.63, 3.8) is 0 Å². The van der Waals surface area contributed by atoms with Gasteiger partial charge in [-0.2, -0.15) is 0 Å². The standard InChI is InChI=1S/C27H44O9/c1-24(2,3)20(28)33-15-17(35-22(30)26(7,8)9)18-19(36-23(31)27(10,11)12)16(13-14-32-18)34-21(29)25(4,5)6/h13-14,16-19H,15H2,1-12H3/t16-,17+,18-,19+/m1/s1. The monoisotopic (exact) mass is 512 g/mol. The van der Waals surface area contributed by atoms with Crippen LogP contribution in [0.25, 0.3) is 0 Å². The molecule has 1 heterocycles. The molecule has 206 valence electrons. The molecular formula is C27H44O9. The van der Waals surface area contributed by atoms with Gasteiger partial charge >= 0.3 is 23.9 Å². The molecule has 9 nitrogen and oxygen atoms in total. The Bertz CT molecular complexity index is 844. The van der Waals surface area contributed by atoms with Crippen LogP contribution < -0.4 is 0 Å². The summed E-state index contributed by atoms with van der Waals surface area (Å²) in [6.45, 7) is 19.9. The second-order valence-electron chi connectivity index (χ2n) is 13.2. The first-order chi connectivity index (χ1) is 16.0. The van der Waals surface area contributed by atoms with Crippen molar-refractivity contribution in [3.8, 4) is 0 Å². The molecule has 9 heteroatoms. The van der Waals surface area contributed by atoms with E-state index in [1.165, 1.54) is 12.3 Å². The van der Waals surface area contributed by atoms with Crippen LogP contribution in [0.3, 0.4) is 0 Å². The van der Waals surface area contributed by atoms with Gasteiger partial charge in [0, 0.05) is 0 Å². The lowest BCUT2D eigenvalue weighted by molar-refractivity contribution is -0.204. The summed E-state index contributed by atoms with van der Waals surface area (Å²) in [6, 6.07) is 0. The molecule has 0 amide bonds. The Morgan fingerprint density at radius 3 is 1.58 bits per heavy atom. The van der Waals surface area contributed by atoms with Crippen LogP contribution in [0.5, 0.6) is 0 Å². The number of carbonyl (C=O) groups excluding carboxylic acids is 4. The molecule has 0 N–H and O–H groups in total. The maximum atomic E-state index is 12.9. The zero-order valence-corrected chi connectivity index (χ0v) is 23.8. The Kier molecular flexibility index (Phi) is 9.80. The van der Waals surface area contributed by atoms with Crippen LogP contribution in [0.15, 0.2) is 12.3 Å². The predicted octanol–water partition coefficient (Wildman–Crippen LogP) is 4.36. The zero-order valence-electron chi connectivity index (χ0n) is 23.8. The molecule has 0 unspecified atom stereocenters. The van der Waals surface area contributed by atoms with Gasteiger partial charge in [0.2, 0.25) is 0 Å². The largest absolute Gasteiger partial charge is 0.490 e. The third kappa shape index (κ3) is 9.13. The minimum absolute atomic E-state index is 0.347. The van der Waals surface area contributed by atoms with Crippen LogP contribution in [0.2, 0.25) is 0 Å². The molecule has 0 bridgehead atoms. The summed E-state index contributed by atoms with van der Waals surface area (Å²) in [5, 5.41) is 0. The molecule has 0 aromatic carbocycles. The first-order valence-corrected chi connectivity index (χ1v) is 12.2. The summed E-state index contributed by atoms with van der Waals surface area (Å²) < 4.78 is 28.4. The second-order valence-corrected chi connectivity index (χ2v) is 13.2. The molecule has 4 atom stereocenters. The van der Waals surface area contributed by atoms with Gasteiger partial charge in [-0.05, 0) is 89.2 Å². The zero-order chi connectivity index (χ0) is 28.3. The van der Waals surface area contributed by atoms with Gasteiger partial charge in [0.25, 0.3) is 0 Å². The molecule has 0 saturated heterocycles. The molecule has 0 spiro atoms. The van der Waals surface area contributed by atoms with Crippen LogP contribution in [0.1, 0.15) is 83.1 Å². The minimum Gasteiger partial charge on any atom is -0.490 e. The van der Waals surface area contributed by atoms with Crippen LogP contribution in [0.4, 0.5) is 0 Å². The van der Waals surface area contributed by atoms with Crippen LogP contribution >= 0.6 is 0 Å². The third-order valence-corrected chi connectivity index (χ3v) is 5.09. The van der Waals surface area contributed by atoms with E-state index in [-0.39, 0.29) is 6.61 Å². The van der Waals surface area contributed by atoms with Crippen LogP contribution in [0, 0.1) is 21.7 Å². The fourth-order valence-corrected chi connectivity index (χ4v) is 2.61. The molecule has 1 aliphatic rings. The van der Waals surface area contributed by atoms with Crippen LogP contribution in [-0.4, -0.2) is 54.9 Å². The predicted molar refractivity (Wildman–Crippen MR) is 132 cm³/mol. The number of rotatable bonds is 6. The molecule has 0 aromatic rings. The molecule has 1 aliphatic heterocycles. The lowest BCUT2D eigenvalue weighted by atomic mass is 9.94. The first-order valence-electron chi connectivity index (χ1n) is 12.2. The minimum atomic E-state index is -1.17. The van der Waals surface area contributed by atoms with Crippen molar-refractivity contribution < 1.29 is 42.9 Å². The van der Waals surface area contributed by atoms with Gasteiger partial charge < -0.3 is 23.7 Å². The van der Waals surface area contributed by atoms with E-state index < -0.39 is 70.0 Å². The van der Waals surface area contributed by atoms with E-state index in [1.54, 1.807) is 83.1 Å². The first kappa shape index (κ1) is 31.4. The molecule has 0 radical (unpaired) electrons. The van der Waals surface area contributed by atoms with E-state index in [4.69, 9.17) is 23.7 Å². The number of hydrogen-bond donors (Lipinski definition) is 0. The summed E-state index contributed by atoms with van der Waals surface area (Å²) in [5.74, 6) is -2.16. The lowest BCUT2D eigenvalue weighted by Gasteiger charge is -2.39. The Balaban J connectivity index is 3.42. The maximum absolute atomic E-state index is 12.9. The average Bonchev–Trinajstić information content (AvgIpc) is 2.68. The average molecular weight is 513 g/mol. The van der Waals surface area contributed by atoms with Crippen molar-refractivity contribution in [1.82, 2.24) is 0 Å². The topological polar surface area (TPSA) is 114 Å². The van der Waals surface area contributed by atoms with Crippen LogP contribution in [-0.2, 0) is 42.9 Å². The smallest absolute Gasteiger partial charge is 0.311 e. The highest BCUT2D eigenvalue weighted by molar-refractivity contribution is 5.77. The SMILES string of the molecule is CC(C)(C)C(=O)OC[C@H](OC(=O)C(C)(C)C)[C@H]1OC=C[C@@H](OC(=O)C(C)(C)C)[C@@H]1OC(=O)C(C)(C)C. The number of esters is 4. The number of ether oxygens (including phenoxy) is 5. The Morgan fingerprint density at radius 2 is 1.14 bits per heavy atom. The molecule has 1 rings (SSSR count). The van der Waals surface area contributed by atoms with E-state index in [1.807, 2.05) is 0 Å². The highest BCUT2D eigenvalue weighted by Crippen LogP contribution is 2.30. The lowest BCUT2D eigenvalue weighted by Crippen LogP contribution is -2.55. The number of carbonyl (C=O) groups is 4. The Morgan fingerprint density at radius 1 is 0.694 bits per heavy atom. The van der Waals surface area contributed by atoms with Gasteiger partial charge in [0.05, 0.1) is 27.9 Å². The van der Waals surface area contributed by atoms with Crippen molar-refractivity contribution >= 4 is 23.9 Å². The van der Waals surface area contributed by atoms with Gasteiger partial charge in [0.1, 0.15) is 6.61 Å². The van der Waals surface area contributed by atoms with Gasteiger partial charge in [-0.25, -0.2) is 0 Å². The van der Waals surface area contributed by atoms with E-state index in [2.05, 4.69) is 0 Å². The molecular weight excluding hydrogens is 468 g/mol. The van der Waals surface area contributed by atoms with Crippen molar-refractivity contribution in [2.75, 3.05) is 6.61 Å². The quantitative estimate of drug-likeness (QED) is 0.378. The van der Waals surface area contributed by atoms with Crippen molar-refractivity contribution in [3.05, 3.63) is 12.3 Å². The van der Waals surface area contributed by atoms with Gasteiger partial charge in [0.15, 0.2) is 24.4 Å². The normalized spacial score (nSPS) is 21.6. The molecule has 36 heavy (non-hydrogen) atoms. The molecule has 0 aliphatic carbocycles. The van der Waals surface area contributed by atoms with E-state index in [0.29, 0.717) is 0 Å². The molecule has 0 fully saturated rings. The van der Waals surface area contributed by atoms with Gasteiger partial charge in [-0.1, -0.05) is 0 Å². The Labute approximate surface area is 215 Å². The van der Waals surface area contributed by atoms with Crippen molar-refractivity contribution in [2.24, 2.45) is 21.7 Å². The van der Waals surface area contributed by atoms with Crippen molar-refractivity contribution in [1.29, 1.82) is 0 Å². The van der Waals surface area contributed by atoms with Gasteiger partial charge in [-0.15, -0.1) is 0 Å². The van der Waals surface area contributed by atoms with E-state index in [0.717, 1.165) is 0 Å². The fraction of sp³-hybridized carbons (Fsp3) is 0.778. The highest BCUT2D eigenvalue weighted by Gasteiger charge is 2.47. The summed E-state index contributed by atoms with van der Waals surface area (Å²) in [6.07, 6.45) is -1.68. The fourth-order valence-electron chi connectivity index (χ4n) is 2.61. The molecule has 0 saturated carbocycles. The Hall–Kier alpha value is -2.58. The van der Waals surface area contributed by atoms with Gasteiger partial charge in [-0.3, -0.25) is 19.2 Å². The summed E-state index contributed by atoms with van der Waals surface area (Å²) >= 11 is 0. The maximum Gasteiger partial charge on any atom is 0.311 e. The van der Waals surface area contributed by atoms with E-state index in [9.17, 15) is 19.2 Å². The molecule has 0 aromatic heterocycles. The summed E-state index contributed by atoms with van der Waals surface area (Å²) in [4.78, 5) is 50.8.